The van der Waals surface area contributed by atoms with Gasteiger partial charge < -0.3 is 4.57 Å². The molecular weight excluding hydrogens is 254 g/mol. The van der Waals surface area contributed by atoms with Gasteiger partial charge in [-0.3, -0.25) is 4.90 Å². The number of nitrogens with zero attached hydrogens (tertiary/aromatic N) is 3. The summed E-state index contributed by atoms with van der Waals surface area (Å²) in [6, 6.07) is 0.603. The SMILES string of the molecule is Cc1nccn1CCN(CCBr)C(C)C. The Kier molecular flexibility index (Phi) is 5.32. The molecule has 1 aromatic rings. The molecule has 0 bridgehead atoms. The lowest BCUT2D eigenvalue weighted by atomic mass is 10.3. The fourth-order valence-electron chi connectivity index (χ4n) is 1.61. The van der Waals surface area contributed by atoms with Crippen LogP contribution in [0.1, 0.15) is 19.7 Å². The summed E-state index contributed by atoms with van der Waals surface area (Å²) in [7, 11) is 0. The molecule has 0 aliphatic rings. The summed E-state index contributed by atoms with van der Waals surface area (Å²) in [4.78, 5) is 6.69. The molecule has 15 heavy (non-hydrogen) atoms. The Morgan fingerprint density at radius 2 is 2.20 bits per heavy atom. The van der Waals surface area contributed by atoms with Gasteiger partial charge in [0, 0.05) is 43.4 Å². The monoisotopic (exact) mass is 273 g/mol. The van der Waals surface area contributed by atoms with E-state index in [0.29, 0.717) is 6.04 Å². The first-order valence-electron chi connectivity index (χ1n) is 5.43. The largest absolute Gasteiger partial charge is 0.334 e. The number of rotatable bonds is 6. The van der Waals surface area contributed by atoms with Crippen LogP contribution < -0.4 is 0 Å². The Bertz CT molecular complexity index is 283. The fraction of sp³-hybridized carbons (Fsp3) is 0.727. The van der Waals surface area contributed by atoms with Gasteiger partial charge in [-0.05, 0) is 20.8 Å². The third kappa shape index (κ3) is 3.95. The van der Waals surface area contributed by atoms with Crippen molar-refractivity contribution in [3.8, 4) is 0 Å². The van der Waals surface area contributed by atoms with Gasteiger partial charge in [-0.15, -0.1) is 0 Å². The van der Waals surface area contributed by atoms with E-state index in [4.69, 9.17) is 0 Å². The minimum Gasteiger partial charge on any atom is -0.334 e. The van der Waals surface area contributed by atoms with Crippen LogP contribution in [-0.4, -0.2) is 38.9 Å². The summed E-state index contributed by atoms with van der Waals surface area (Å²) in [6.45, 7) is 9.74. The lowest BCUT2D eigenvalue weighted by molar-refractivity contribution is 0.226. The van der Waals surface area contributed by atoms with E-state index in [0.717, 1.165) is 30.8 Å². The van der Waals surface area contributed by atoms with E-state index in [1.54, 1.807) is 0 Å². The van der Waals surface area contributed by atoms with Crippen molar-refractivity contribution < 1.29 is 0 Å². The molecule has 0 fully saturated rings. The average Bonchev–Trinajstić information content (AvgIpc) is 2.58. The molecule has 0 aliphatic carbocycles. The second kappa shape index (κ2) is 6.28. The van der Waals surface area contributed by atoms with Gasteiger partial charge in [0.15, 0.2) is 0 Å². The minimum absolute atomic E-state index is 0.603. The van der Waals surface area contributed by atoms with Crippen LogP contribution in [0.4, 0.5) is 0 Å². The summed E-state index contributed by atoms with van der Waals surface area (Å²) >= 11 is 3.49. The molecule has 0 atom stereocenters. The third-order valence-corrected chi connectivity index (χ3v) is 3.01. The first kappa shape index (κ1) is 12.7. The molecule has 1 rings (SSSR count). The van der Waals surface area contributed by atoms with Crippen LogP contribution in [-0.2, 0) is 6.54 Å². The number of hydrogen-bond donors (Lipinski definition) is 0. The summed E-state index contributed by atoms with van der Waals surface area (Å²) in [5.41, 5.74) is 0. The van der Waals surface area contributed by atoms with Crippen molar-refractivity contribution in [2.75, 3.05) is 18.4 Å². The summed E-state index contributed by atoms with van der Waals surface area (Å²) in [5, 5.41) is 1.04. The molecule has 1 aromatic heterocycles. The van der Waals surface area contributed by atoms with Gasteiger partial charge in [0.1, 0.15) is 5.82 Å². The van der Waals surface area contributed by atoms with E-state index < -0.39 is 0 Å². The number of aryl methyl sites for hydroxylation is 1. The topological polar surface area (TPSA) is 21.1 Å². The highest BCUT2D eigenvalue weighted by molar-refractivity contribution is 9.09. The first-order chi connectivity index (χ1) is 7.15. The van der Waals surface area contributed by atoms with Crippen LogP contribution in [0, 0.1) is 6.92 Å². The molecule has 0 amide bonds. The highest BCUT2D eigenvalue weighted by Gasteiger charge is 2.08. The van der Waals surface area contributed by atoms with Crippen LogP contribution in [0.25, 0.3) is 0 Å². The third-order valence-electron chi connectivity index (χ3n) is 2.65. The number of imidazole rings is 1. The Morgan fingerprint density at radius 1 is 1.47 bits per heavy atom. The molecule has 0 aliphatic heterocycles. The first-order valence-corrected chi connectivity index (χ1v) is 6.55. The fourth-order valence-corrected chi connectivity index (χ4v) is 2.07. The number of halogens is 1. The molecule has 0 aromatic carbocycles. The second-order valence-electron chi connectivity index (χ2n) is 3.99. The summed E-state index contributed by atoms with van der Waals surface area (Å²) in [6.07, 6.45) is 3.90. The number of aromatic nitrogens is 2. The van der Waals surface area contributed by atoms with Crippen LogP contribution in [0.15, 0.2) is 12.4 Å². The summed E-state index contributed by atoms with van der Waals surface area (Å²) < 4.78 is 2.20. The van der Waals surface area contributed by atoms with E-state index in [1.165, 1.54) is 0 Å². The number of hydrogen-bond acceptors (Lipinski definition) is 2. The van der Waals surface area contributed by atoms with E-state index in [-0.39, 0.29) is 0 Å². The second-order valence-corrected chi connectivity index (χ2v) is 4.78. The van der Waals surface area contributed by atoms with E-state index >= 15 is 0 Å². The molecule has 3 nitrogen and oxygen atoms in total. The van der Waals surface area contributed by atoms with Gasteiger partial charge in [-0.1, -0.05) is 15.9 Å². The van der Waals surface area contributed by atoms with Crippen molar-refractivity contribution in [3.05, 3.63) is 18.2 Å². The normalized spacial score (nSPS) is 11.6. The van der Waals surface area contributed by atoms with Crippen molar-refractivity contribution in [1.29, 1.82) is 0 Å². The van der Waals surface area contributed by atoms with Gasteiger partial charge in [0.25, 0.3) is 0 Å². The molecule has 1 heterocycles. The van der Waals surface area contributed by atoms with Crippen molar-refractivity contribution in [2.24, 2.45) is 0 Å². The van der Waals surface area contributed by atoms with Gasteiger partial charge in [0.05, 0.1) is 0 Å². The zero-order valence-electron chi connectivity index (χ0n) is 9.78. The van der Waals surface area contributed by atoms with E-state index in [9.17, 15) is 0 Å². The molecule has 4 heteroatoms. The maximum atomic E-state index is 4.22. The lowest BCUT2D eigenvalue weighted by Gasteiger charge is -2.25. The molecule has 0 radical (unpaired) electrons. The molecular formula is C11H20BrN3. The van der Waals surface area contributed by atoms with Gasteiger partial charge >= 0.3 is 0 Å². The van der Waals surface area contributed by atoms with Crippen LogP contribution in [0.5, 0.6) is 0 Å². The average molecular weight is 274 g/mol. The van der Waals surface area contributed by atoms with E-state index in [1.807, 2.05) is 19.3 Å². The van der Waals surface area contributed by atoms with Crippen molar-refractivity contribution in [3.63, 3.8) is 0 Å². The van der Waals surface area contributed by atoms with Gasteiger partial charge in [-0.2, -0.15) is 0 Å². The Morgan fingerprint density at radius 3 is 2.67 bits per heavy atom. The Labute approximate surface area is 101 Å². The molecule has 0 saturated carbocycles. The van der Waals surface area contributed by atoms with Gasteiger partial charge in [-0.25, -0.2) is 4.98 Å². The number of alkyl halides is 1. The van der Waals surface area contributed by atoms with Crippen LogP contribution in [0.3, 0.4) is 0 Å². The summed E-state index contributed by atoms with van der Waals surface area (Å²) in [5.74, 6) is 1.09. The smallest absolute Gasteiger partial charge is 0.105 e. The lowest BCUT2D eigenvalue weighted by Crippen LogP contribution is -2.35. The Hall–Kier alpha value is -0.350. The quantitative estimate of drug-likeness (QED) is 0.742. The highest BCUT2D eigenvalue weighted by Crippen LogP contribution is 2.02. The van der Waals surface area contributed by atoms with Crippen LogP contribution in [0.2, 0.25) is 0 Å². The molecule has 86 valence electrons. The maximum Gasteiger partial charge on any atom is 0.105 e. The highest BCUT2D eigenvalue weighted by atomic mass is 79.9. The zero-order chi connectivity index (χ0) is 11.3. The Balaban J connectivity index is 2.43. The molecule has 0 N–H and O–H groups in total. The van der Waals surface area contributed by atoms with Crippen molar-refractivity contribution in [1.82, 2.24) is 14.5 Å². The standard InChI is InChI=1S/C11H20BrN3/c1-10(2)14(6-4-12)8-9-15-7-5-13-11(15)3/h5,7,10H,4,6,8-9H2,1-3H3. The molecule has 0 spiro atoms. The predicted molar refractivity (Wildman–Crippen MR) is 67.5 cm³/mol. The molecule has 0 saturated heterocycles. The maximum absolute atomic E-state index is 4.22. The molecule has 0 unspecified atom stereocenters. The predicted octanol–water partition coefficient (Wildman–Crippen LogP) is 2.30. The van der Waals surface area contributed by atoms with Crippen molar-refractivity contribution in [2.45, 2.75) is 33.4 Å². The van der Waals surface area contributed by atoms with Crippen molar-refractivity contribution >= 4 is 15.9 Å². The zero-order valence-corrected chi connectivity index (χ0v) is 11.4. The van der Waals surface area contributed by atoms with Crippen LogP contribution >= 0.6 is 15.9 Å². The van der Waals surface area contributed by atoms with E-state index in [2.05, 4.69) is 44.2 Å². The van der Waals surface area contributed by atoms with Gasteiger partial charge in [0.2, 0.25) is 0 Å². The minimum atomic E-state index is 0.603.